The molecule has 0 unspecified atom stereocenters. The van der Waals surface area contributed by atoms with Crippen molar-refractivity contribution >= 4 is 5.91 Å². The average molecular weight is 324 g/mol. The van der Waals surface area contributed by atoms with Crippen molar-refractivity contribution in [1.29, 1.82) is 0 Å². The molecule has 122 valence electrons. The fourth-order valence-corrected chi connectivity index (χ4v) is 2.16. The second kappa shape index (κ2) is 6.28. The first-order valence-electron chi connectivity index (χ1n) is 6.82. The van der Waals surface area contributed by atoms with E-state index in [-0.39, 0.29) is 11.1 Å². The number of aromatic amines is 1. The van der Waals surface area contributed by atoms with Crippen molar-refractivity contribution in [3.8, 4) is 0 Å². The Labute approximate surface area is 130 Å². The van der Waals surface area contributed by atoms with E-state index in [0.717, 1.165) is 12.3 Å². The van der Waals surface area contributed by atoms with Gasteiger partial charge in [0.25, 0.3) is 5.91 Å². The Morgan fingerprint density at radius 2 is 1.91 bits per heavy atom. The number of rotatable bonds is 3. The van der Waals surface area contributed by atoms with Crippen LogP contribution in [0.25, 0.3) is 0 Å². The molecule has 0 aliphatic heterocycles. The van der Waals surface area contributed by atoms with Crippen molar-refractivity contribution < 1.29 is 18.0 Å². The molecular formula is C16H15F3N2O2. The third-order valence-electron chi connectivity index (χ3n) is 3.28. The van der Waals surface area contributed by atoms with Crippen LogP contribution in [0.4, 0.5) is 13.2 Å². The maximum atomic E-state index is 13.3. The quantitative estimate of drug-likeness (QED) is 0.911. The summed E-state index contributed by atoms with van der Waals surface area (Å²) < 4.78 is 39.8. The molecule has 1 amide bonds. The van der Waals surface area contributed by atoms with Gasteiger partial charge in [-0.15, -0.1) is 0 Å². The Hall–Kier alpha value is -2.57. The number of halogens is 3. The van der Waals surface area contributed by atoms with Gasteiger partial charge in [0.2, 0.25) is 0 Å². The molecule has 1 heterocycles. The van der Waals surface area contributed by atoms with Crippen LogP contribution in [0.15, 0.2) is 41.3 Å². The van der Waals surface area contributed by atoms with E-state index in [2.05, 4.69) is 4.98 Å². The van der Waals surface area contributed by atoms with Gasteiger partial charge in [0.15, 0.2) is 11.5 Å². The molecule has 0 spiro atoms. The third kappa shape index (κ3) is 4.00. The van der Waals surface area contributed by atoms with Crippen LogP contribution in [0.5, 0.6) is 0 Å². The highest BCUT2D eigenvalue weighted by Crippen LogP contribution is 2.33. The first-order valence-corrected chi connectivity index (χ1v) is 6.82. The van der Waals surface area contributed by atoms with E-state index in [4.69, 9.17) is 0 Å². The lowest BCUT2D eigenvalue weighted by Gasteiger charge is -2.22. The number of pyridine rings is 1. The summed E-state index contributed by atoms with van der Waals surface area (Å²) in [5.74, 6) is -1.07. The standard InChI is InChI=1S/C16H15F3N2O2/c1-9-4-3-5-11(6-9)14(16(17,18)19)21-15(23)12-8-20-10(2)7-13(12)22/h3-8,14H,1-2H3,(H,20,22)(H,21,23)/t14-/m0/s1. The molecule has 0 aliphatic rings. The lowest BCUT2D eigenvalue weighted by molar-refractivity contribution is -0.155. The number of carbonyl (C=O) groups excluding carboxylic acids is 1. The highest BCUT2D eigenvalue weighted by Gasteiger charge is 2.42. The van der Waals surface area contributed by atoms with Gasteiger partial charge in [-0.05, 0) is 19.4 Å². The third-order valence-corrected chi connectivity index (χ3v) is 3.28. The molecule has 0 aliphatic carbocycles. The largest absolute Gasteiger partial charge is 0.412 e. The number of aromatic nitrogens is 1. The lowest BCUT2D eigenvalue weighted by Crippen LogP contribution is -2.39. The van der Waals surface area contributed by atoms with Gasteiger partial charge in [0.05, 0.1) is 0 Å². The topological polar surface area (TPSA) is 62.0 Å². The van der Waals surface area contributed by atoms with E-state index in [9.17, 15) is 22.8 Å². The van der Waals surface area contributed by atoms with Crippen molar-refractivity contribution in [2.75, 3.05) is 0 Å². The van der Waals surface area contributed by atoms with E-state index in [1.807, 2.05) is 5.32 Å². The minimum Gasteiger partial charge on any atom is -0.364 e. The molecule has 2 rings (SSSR count). The summed E-state index contributed by atoms with van der Waals surface area (Å²) in [6.45, 7) is 3.26. The highest BCUT2D eigenvalue weighted by molar-refractivity contribution is 5.94. The molecule has 2 N–H and O–H groups in total. The van der Waals surface area contributed by atoms with E-state index >= 15 is 0 Å². The molecular weight excluding hydrogens is 309 g/mol. The predicted molar refractivity (Wildman–Crippen MR) is 79.2 cm³/mol. The number of amides is 1. The van der Waals surface area contributed by atoms with Crippen molar-refractivity contribution in [3.63, 3.8) is 0 Å². The Bertz CT molecular complexity index is 781. The minimum atomic E-state index is -4.68. The normalized spacial score (nSPS) is 12.7. The van der Waals surface area contributed by atoms with Crippen LogP contribution in [0.3, 0.4) is 0 Å². The predicted octanol–water partition coefficient (Wildman–Crippen LogP) is 3.03. The van der Waals surface area contributed by atoms with Gasteiger partial charge in [0, 0.05) is 18.0 Å². The zero-order chi connectivity index (χ0) is 17.2. The molecule has 0 radical (unpaired) electrons. The smallest absolute Gasteiger partial charge is 0.364 e. The first kappa shape index (κ1) is 16.8. The van der Waals surface area contributed by atoms with Gasteiger partial charge >= 0.3 is 6.18 Å². The van der Waals surface area contributed by atoms with Crippen LogP contribution in [-0.2, 0) is 0 Å². The lowest BCUT2D eigenvalue weighted by atomic mass is 10.0. The molecule has 1 atom stereocenters. The molecule has 23 heavy (non-hydrogen) atoms. The highest BCUT2D eigenvalue weighted by atomic mass is 19.4. The summed E-state index contributed by atoms with van der Waals surface area (Å²) in [5.41, 5.74) is 0.0626. The van der Waals surface area contributed by atoms with Gasteiger partial charge in [0.1, 0.15) is 5.56 Å². The number of alkyl halides is 3. The second-order valence-corrected chi connectivity index (χ2v) is 5.26. The van der Waals surface area contributed by atoms with Gasteiger partial charge in [-0.1, -0.05) is 29.8 Å². The molecule has 0 fully saturated rings. The van der Waals surface area contributed by atoms with E-state index in [1.165, 1.54) is 18.2 Å². The summed E-state index contributed by atoms with van der Waals surface area (Å²) in [4.78, 5) is 26.4. The number of H-pyrrole nitrogens is 1. The van der Waals surface area contributed by atoms with Crippen LogP contribution in [-0.4, -0.2) is 17.1 Å². The van der Waals surface area contributed by atoms with Gasteiger partial charge < -0.3 is 10.3 Å². The number of hydrogen-bond donors (Lipinski definition) is 2. The number of aryl methyl sites for hydroxylation is 2. The zero-order valence-corrected chi connectivity index (χ0v) is 12.5. The molecule has 1 aromatic carbocycles. The molecule has 4 nitrogen and oxygen atoms in total. The van der Waals surface area contributed by atoms with E-state index < -0.39 is 23.6 Å². The molecule has 0 saturated heterocycles. The Kier molecular flexibility index (Phi) is 4.58. The van der Waals surface area contributed by atoms with Crippen LogP contribution in [0, 0.1) is 13.8 Å². The minimum absolute atomic E-state index is 0.0885. The van der Waals surface area contributed by atoms with Gasteiger partial charge in [-0.3, -0.25) is 9.59 Å². The molecule has 0 saturated carbocycles. The first-order chi connectivity index (χ1) is 10.7. The number of benzene rings is 1. The fraction of sp³-hybridized carbons (Fsp3) is 0.250. The number of nitrogens with one attached hydrogen (secondary N) is 2. The summed E-state index contributed by atoms with van der Waals surface area (Å²) in [5, 5.41) is 1.89. The Morgan fingerprint density at radius 3 is 2.48 bits per heavy atom. The second-order valence-electron chi connectivity index (χ2n) is 5.26. The van der Waals surface area contributed by atoms with E-state index in [0.29, 0.717) is 11.3 Å². The van der Waals surface area contributed by atoms with Crippen LogP contribution < -0.4 is 10.7 Å². The SMILES string of the molecule is Cc1cccc([C@H](NC(=O)c2c[nH]c(C)cc2=O)C(F)(F)F)c1. The summed E-state index contributed by atoms with van der Waals surface area (Å²) >= 11 is 0. The summed E-state index contributed by atoms with van der Waals surface area (Å²) in [7, 11) is 0. The van der Waals surface area contributed by atoms with Gasteiger partial charge in [-0.25, -0.2) is 0 Å². The van der Waals surface area contributed by atoms with Crippen molar-refractivity contribution in [2.24, 2.45) is 0 Å². The summed E-state index contributed by atoms with van der Waals surface area (Å²) in [6.07, 6.45) is -3.57. The zero-order valence-electron chi connectivity index (χ0n) is 12.5. The van der Waals surface area contributed by atoms with E-state index in [1.54, 1.807) is 19.9 Å². The molecule has 0 bridgehead atoms. The van der Waals surface area contributed by atoms with Crippen molar-refractivity contribution in [3.05, 3.63) is 69.1 Å². The Morgan fingerprint density at radius 1 is 1.22 bits per heavy atom. The van der Waals surface area contributed by atoms with Crippen molar-refractivity contribution in [2.45, 2.75) is 26.1 Å². The van der Waals surface area contributed by atoms with Crippen LogP contribution in [0.2, 0.25) is 0 Å². The summed E-state index contributed by atoms with van der Waals surface area (Å²) in [6, 6.07) is 4.74. The van der Waals surface area contributed by atoms with Gasteiger partial charge in [-0.2, -0.15) is 13.2 Å². The Balaban J connectivity index is 2.35. The average Bonchev–Trinajstić information content (AvgIpc) is 2.43. The molecule has 1 aromatic heterocycles. The maximum Gasteiger partial charge on any atom is 0.412 e. The number of hydrogen-bond acceptors (Lipinski definition) is 2. The monoisotopic (exact) mass is 324 g/mol. The maximum absolute atomic E-state index is 13.3. The number of carbonyl (C=O) groups is 1. The van der Waals surface area contributed by atoms with Crippen LogP contribution >= 0.6 is 0 Å². The van der Waals surface area contributed by atoms with Crippen LogP contribution in [0.1, 0.15) is 33.2 Å². The van der Waals surface area contributed by atoms with Crippen molar-refractivity contribution in [1.82, 2.24) is 10.3 Å². The fourth-order valence-electron chi connectivity index (χ4n) is 2.16. The molecule has 2 aromatic rings. The molecule has 7 heteroatoms.